The van der Waals surface area contributed by atoms with Gasteiger partial charge in [-0.3, -0.25) is 10.0 Å². The average molecular weight is 466 g/mol. The number of carbonyl (C=O) groups excluding carboxylic acids is 1. The highest BCUT2D eigenvalue weighted by atomic mass is 32.2. The number of amides is 1. The van der Waals surface area contributed by atoms with Crippen molar-refractivity contribution in [3.05, 3.63) is 54.3 Å². The minimum Gasteiger partial charge on any atom is -0.457 e. The molecule has 1 aliphatic heterocycles. The summed E-state index contributed by atoms with van der Waals surface area (Å²) in [6.07, 6.45) is -0.0204. The summed E-state index contributed by atoms with van der Waals surface area (Å²) in [4.78, 5) is 17.4. The zero-order chi connectivity index (χ0) is 23.5. The first kappa shape index (κ1) is 23.6. The molecular formula is C21H24FN3O6S. The first-order chi connectivity index (χ1) is 15.0. The van der Waals surface area contributed by atoms with Crippen LogP contribution in [0, 0.1) is 5.82 Å². The lowest BCUT2D eigenvalue weighted by Gasteiger charge is -2.21. The van der Waals surface area contributed by atoms with Gasteiger partial charge in [-0.25, -0.2) is 18.3 Å². The lowest BCUT2D eigenvalue weighted by atomic mass is 10.2. The van der Waals surface area contributed by atoms with Gasteiger partial charge in [-0.1, -0.05) is 5.16 Å². The quantitative estimate of drug-likeness (QED) is 0.500. The Morgan fingerprint density at radius 2 is 1.69 bits per heavy atom. The maximum atomic E-state index is 13.2. The van der Waals surface area contributed by atoms with Crippen LogP contribution in [0.1, 0.15) is 27.2 Å². The fourth-order valence-corrected chi connectivity index (χ4v) is 4.53. The average Bonchev–Trinajstić information content (AvgIpc) is 3.19. The van der Waals surface area contributed by atoms with E-state index in [1.54, 1.807) is 20.8 Å². The smallest absolute Gasteiger partial charge is 0.262 e. The SMILES string of the molecule is CC(C)(C)O/N=C1/C[C@H](C(=O)NO)N(S(=O)(=O)c2ccc(Oc3ccc(F)cc3)cc2)C1. The molecule has 2 N–H and O–H groups in total. The number of hydroxylamine groups is 1. The van der Waals surface area contributed by atoms with Gasteiger partial charge in [-0.2, -0.15) is 4.31 Å². The van der Waals surface area contributed by atoms with Gasteiger partial charge in [0.15, 0.2) is 0 Å². The number of nitrogens with zero attached hydrogens (tertiary/aromatic N) is 2. The molecule has 9 nitrogen and oxygen atoms in total. The summed E-state index contributed by atoms with van der Waals surface area (Å²) in [6, 6.07) is 9.78. The summed E-state index contributed by atoms with van der Waals surface area (Å²) in [5, 5.41) is 13.0. The van der Waals surface area contributed by atoms with E-state index in [4.69, 9.17) is 14.8 Å². The molecule has 2 aromatic rings. The van der Waals surface area contributed by atoms with Crippen LogP contribution in [0.2, 0.25) is 0 Å². The topological polar surface area (TPSA) is 118 Å². The maximum absolute atomic E-state index is 13.2. The van der Waals surface area contributed by atoms with Gasteiger partial charge in [0.25, 0.3) is 5.91 Å². The number of rotatable bonds is 6. The van der Waals surface area contributed by atoms with Crippen LogP contribution in [0.25, 0.3) is 0 Å². The molecule has 0 radical (unpaired) electrons. The van der Waals surface area contributed by atoms with E-state index in [1.165, 1.54) is 54.0 Å². The van der Waals surface area contributed by atoms with Gasteiger partial charge in [-0.05, 0) is 69.3 Å². The molecule has 0 aromatic heterocycles. The van der Waals surface area contributed by atoms with Crippen LogP contribution in [-0.4, -0.2) is 47.7 Å². The van der Waals surface area contributed by atoms with E-state index >= 15 is 0 Å². The van der Waals surface area contributed by atoms with Crippen LogP contribution in [0.4, 0.5) is 4.39 Å². The van der Waals surface area contributed by atoms with Crippen LogP contribution >= 0.6 is 0 Å². The van der Waals surface area contributed by atoms with Gasteiger partial charge in [0.1, 0.15) is 29.0 Å². The number of carbonyl (C=O) groups is 1. The Bertz CT molecular complexity index is 1100. The number of sulfonamides is 1. The van der Waals surface area contributed by atoms with Crippen LogP contribution in [0.15, 0.2) is 58.6 Å². The van der Waals surface area contributed by atoms with E-state index in [-0.39, 0.29) is 17.9 Å². The molecule has 1 fully saturated rings. The maximum Gasteiger partial charge on any atom is 0.262 e. The second-order valence-electron chi connectivity index (χ2n) is 8.13. The van der Waals surface area contributed by atoms with Crippen molar-refractivity contribution >= 4 is 21.6 Å². The number of halogens is 1. The molecule has 0 unspecified atom stereocenters. The third-order valence-electron chi connectivity index (χ3n) is 4.46. The molecule has 0 spiro atoms. The third kappa shape index (κ3) is 5.61. The largest absolute Gasteiger partial charge is 0.457 e. The fourth-order valence-electron chi connectivity index (χ4n) is 2.95. The van der Waals surface area contributed by atoms with E-state index in [0.717, 1.165) is 4.31 Å². The summed E-state index contributed by atoms with van der Waals surface area (Å²) >= 11 is 0. The summed E-state index contributed by atoms with van der Waals surface area (Å²) in [5.41, 5.74) is 1.27. The van der Waals surface area contributed by atoms with Gasteiger partial charge in [0.2, 0.25) is 10.0 Å². The Morgan fingerprint density at radius 3 is 2.22 bits per heavy atom. The molecule has 0 saturated carbocycles. The molecule has 0 aliphatic carbocycles. The van der Waals surface area contributed by atoms with Crippen LogP contribution in [0.3, 0.4) is 0 Å². The van der Waals surface area contributed by atoms with Crippen LogP contribution < -0.4 is 10.2 Å². The van der Waals surface area contributed by atoms with E-state index < -0.39 is 33.4 Å². The van der Waals surface area contributed by atoms with Crippen molar-refractivity contribution in [2.24, 2.45) is 5.16 Å². The zero-order valence-corrected chi connectivity index (χ0v) is 18.6. The van der Waals surface area contributed by atoms with E-state index in [0.29, 0.717) is 17.2 Å². The number of nitrogens with one attached hydrogen (secondary N) is 1. The highest BCUT2D eigenvalue weighted by Crippen LogP contribution is 2.28. The predicted octanol–water partition coefficient (Wildman–Crippen LogP) is 3.06. The summed E-state index contributed by atoms with van der Waals surface area (Å²) in [7, 11) is -4.11. The molecule has 1 heterocycles. The second kappa shape index (κ2) is 9.23. The summed E-state index contributed by atoms with van der Waals surface area (Å²) < 4.78 is 46.0. The molecule has 1 amide bonds. The van der Waals surface area contributed by atoms with Crippen molar-refractivity contribution < 1.29 is 32.4 Å². The van der Waals surface area contributed by atoms with Gasteiger partial charge < -0.3 is 9.57 Å². The molecule has 0 bridgehead atoms. The Morgan fingerprint density at radius 1 is 1.12 bits per heavy atom. The molecule has 172 valence electrons. The van der Waals surface area contributed by atoms with Crippen molar-refractivity contribution in [3.63, 3.8) is 0 Å². The second-order valence-corrected chi connectivity index (χ2v) is 10.0. The summed E-state index contributed by atoms with van der Waals surface area (Å²) in [6.45, 7) is 5.19. The molecule has 11 heteroatoms. The van der Waals surface area contributed by atoms with Crippen LogP contribution in [0.5, 0.6) is 11.5 Å². The first-order valence-corrected chi connectivity index (χ1v) is 11.2. The standard InChI is InChI=1S/C21H24FN3O6S/c1-21(2,3)31-24-15-12-19(20(26)23-27)25(13-15)32(28,29)18-10-8-17(9-11-18)30-16-6-4-14(22)5-7-16/h4-11,19,27H,12-13H2,1-3H3,(H,23,26)/b24-15-/t19-/m1/s1. The minimum atomic E-state index is -4.11. The van der Waals surface area contributed by atoms with Gasteiger partial charge in [-0.15, -0.1) is 0 Å². The number of oxime groups is 1. The van der Waals surface area contributed by atoms with Gasteiger partial charge in [0.05, 0.1) is 17.2 Å². The molecule has 32 heavy (non-hydrogen) atoms. The number of hydrogen-bond acceptors (Lipinski definition) is 7. The predicted molar refractivity (Wildman–Crippen MR) is 113 cm³/mol. The molecular weight excluding hydrogens is 441 g/mol. The molecule has 2 aromatic carbocycles. The Labute approximate surface area is 185 Å². The molecule has 1 aliphatic rings. The van der Waals surface area contributed by atoms with Crippen molar-refractivity contribution in [2.45, 2.75) is 43.7 Å². The fraction of sp³-hybridized carbons (Fsp3) is 0.333. The minimum absolute atomic E-state index is 0.0204. The Kier molecular flexibility index (Phi) is 6.82. The summed E-state index contributed by atoms with van der Waals surface area (Å²) in [5.74, 6) is -0.532. The normalized spacial score (nSPS) is 18.5. The zero-order valence-electron chi connectivity index (χ0n) is 17.8. The van der Waals surface area contributed by atoms with E-state index in [1.807, 2.05) is 0 Å². The van der Waals surface area contributed by atoms with Crippen molar-refractivity contribution in [1.29, 1.82) is 0 Å². The number of benzene rings is 2. The Hall–Kier alpha value is -3.02. The van der Waals surface area contributed by atoms with Crippen molar-refractivity contribution in [2.75, 3.05) is 6.54 Å². The lowest BCUT2D eigenvalue weighted by molar-refractivity contribution is -0.132. The van der Waals surface area contributed by atoms with Crippen LogP contribution in [-0.2, 0) is 19.7 Å². The van der Waals surface area contributed by atoms with Crippen molar-refractivity contribution in [1.82, 2.24) is 9.79 Å². The van der Waals surface area contributed by atoms with Crippen molar-refractivity contribution in [3.8, 4) is 11.5 Å². The third-order valence-corrected chi connectivity index (χ3v) is 6.32. The lowest BCUT2D eigenvalue weighted by Crippen LogP contribution is -2.45. The highest BCUT2D eigenvalue weighted by molar-refractivity contribution is 7.89. The van der Waals surface area contributed by atoms with Gasteiger partial charge >= 0.3 is 0 Å². The number of ether oxygens (including phenoxy) is 1. The number of hydrogen-bond donors (Lipinski definition) is 2. The monoisotopic (exact) mass is 465 g/mol. The highest BCUT2D eigenvalue weighted by Gasteiger charge is 2.43. The molecule has 1 atom stereocenters. The van der Waals surface area contributed by atoms with Gasteiger partial charge in [0, 0.05) is 6.42 Å². The molecule has 3 rings (SSSR count). The van der Waals surface area contributed by atoms with E-state index in [2.05, 4.69) is 5.16 Å². The van der Waals surface area contributed by atoms with E-state index in [9.17, 15) is 17.6 Å². The Balaban J connectivity index is 1.82. The molecule has 1 saturated heterocycles. The first-order valence-electron chi connectivity index (χ1n) is 9.73.